The molecule has 0 heterocycles. The first-order valence-electron chi connectivity index (χ1n) is 6.11. The molecule has 0 saturated heterocycles. The third-order valence-corrected chi connectivity index (χ3v) is 3.63. The topological polar surface area (TPSA) is 78.4 Å². The van der Waals surface area contributed by atoms with E-state index in [1.807, 2.05) is 6.92 Å². The van der Waals surface area contributed by atoms with Crippen molar-refractivity contribution < 1.29 is 19.1 Å². The third kappa shape index (κ3) is 4.19. The lowest BCUT2D eigenvalue weighted by Gasteiger charge is -2.20. The van der Waals surface area contributed by atoms with Crippen LogP contribution in [-0.2, 0) is 4.79 Å². The first kappa shape index (κ1) is 16.4. The summed E-state index contributed by atoms with van der Waals surface area (Å²) in [6.07, 6.45) is 0.598. The van der Waals surface area contributed by atoms with E-state index >= 15 is 0 Å². The predicted molar refractivity (Wildman–Crippen MR) is 77.1 cm³/mol. The molecule has 0 aromatic heterocycles. The summed E-state index contributed by atoms with van der Waals surface area (Å²) in [6, 6.07) is 2.47. The highest BCUT2D eigenvalue weighted by molar-refractivity contribution is 9.10. The van der Waals surface area contributed by atoms with Gasteiger partial charge in [-0.3, -0.25) is 0 Å². The third-order valence-electron chi connectivity index (χ3n) is 2.97. The van der Waals surface area contributed by atoms with Gasteiger partial charge >= 0.3 is 12.0 Å². The number of nitrogens with one attached hydrogen (secondary N) is 2. The molecule has 110 valence electrons. The number of carbonyl (C=O) groups excluding carboxylic acids is 1. The summed E-state index contributed by atoms with van der Waals surface area (Å²) in [5.74, 6) is -1.96. The number of aliphatic carboxylic acids is 1. The number of benzene rings is 1. The van der Waals surface area contributed by atoms with Gasteiger partial charge in [0, 0.05) is 4.47 Å². The number of carboxylic acid groups (broad SMARTS) is 1. The van der Waals surface area contributed by atoms with Crippen molar-refractivity contribution in [3.63, 3.8) is 0 Å². The van der Waals surface area contributed by atoms with Crippen LogP contribution < -0.4 is 10.6 Å². The van der Waals surface area contributed by atoms with Crippen LogP contribution in [0.5, 0.6) is 0 Å². The van der Waals surface area contributed by atoms with Crippen LogP contribution in [0.2, 0.25) is 0 Å². The Morgan fingerprint density at radius 1 is 1.45 bits per heavy atom. The van der Waals surface area contributed by atoms with Crippen molar-refractivity contribution in [2.75, 3.05) is 5.32 Å². The van der Waals surface area contributed by atoms with Crippen LogP contribution in [-0.4, -0.2) is 23.1 Å². The minimum atomic E-state index is -1.12. The maximum Gasteiger partial charge on any atom is 0.326 e. The maximum absolute atomic E-state index is 13.5. The normalized spacial score (nSPS) is 13.4. The van der Waals surface area contributed by atoms with Gasteiger partial charge in [0.05, 0.1) is 5.69 Å². The molecule has 0 aliphatic rings. The molecule has 0 aliphatic heterocycles. The zero-order valence-corrected chi connectivity index (χ0v) is 12.7. The Kier molecular flexibility index (Phi) is 5.94. The van der Waals surface area contributed by atoms with Gasteiger partial charge in [0.15, 0.2) is 0 Å². The molecule has 0 spiro atoms. The number of carboxylic acids is 1. The molecule has 1 aromatic carbocycles. The fourth-order valence-corrected chi connectivity index (χ4v) is 2.03. The largest absolute Gasteiger partial charge is 0.480 e. The van der Waals surface area contributed by atoms with Crippen LogP contribution in [0.15, 0.2) is 22.7 Å². The monoisotopic (exact) mass is 346 g/mol. The zero-order valence-electron chi connectivity index (χ0n) is 11.1. The molecule has 0 fully saturated rings. The van der Waals surface area contributed by atoms with Crippen LogP contribution >= 0.6 is 15.9 Å². The van der Waals surface area contributed by atoms with Crippen molar-refractivity contribution in [1.82, 2.24) is 5.32 Å². The fraction of sp³-hybridized carbons (Fsp3) is 0.385. The number of rotatable bonds is 5. The van der Waals surface area contributed by atoms with Crippen LogP contribution in [0.3, 0.4) is 0 Å². The number of amides is 2. The molecular weight excluding hydrogens is 331 g/mol. The molecule has 1 rings (SSSR count). The fourth-order valence-electron chi connectivity index (χ4n) is 1.59. The van der Waals surface area contributed by atoms with E-state index in [4.69, 9.17) is 5.11 Å². The van der Waals surface area contributed by atoms with E-state index < -0.39 is 23.9 Å². The summed E-state index contributed by atoms with van der Waals surface area (Å²) in [7, 11) is 0. The van der Waals surface area contributed by atoms with E-state index in [1.165, 1.54) is 12.1 Å². The Bertz CT molecular complexity index is 490. The Hall–Kier alpha value is -1.63. The van der Waals surface area contributed by atoms with Gasteiger partial charge in [-0.15, -0.1) is 0 Å². The highest BCUT2D eigenvalue weighted by Crippen LogP contribution is 2.25. The lowest BCUT2D eigenvalue weighted by molar-refractivity contribution is -0.140. The second-order valence-electron chi connectivity index (χ2n) is 4.40. The van der Waals surface area contributed by atoms with Crippen molar-refractivity contribution in [2.24, 2.45) is 5.92 Å². The Morgan fingerprint density at radius 3 is 2.60 bits per heavy atom. The van der Waals surface area contributed by atoms with Crippen molar-refractivity contribution in [1.29, 1.82) is 0 Å². The molecule has 2 amide bonds. The van der Waals surface area contributed by atoms with E-state index in [0.29, 0.717) is 10.9 Å². The van der Waals surface area contributed by atoms with Gasteiger partial charge in [0.25, 0.3) is 0 Å². The van der Waals surface area contributed by atoms with Gasteiger partial charge in [0.1, 0.15) is 11.9 Å². The van der Waals surface area contributed by atoms with Crippen molar-refractivity contribution in [3.8, 4) is 0 Å². The molecule has 1 unspecified atom stereocenters. The van der Waals surface area contributed by atoms with Gasteiger partial charge in [-0.25, -0.2) is 14.0 Å². The molecule has 0 aliphatic carbocycles. The molecule has 7 heteroatoms. The van der Waals surface area contributed by atoms with Crippen LogP contribution in [0, 0.1) is 11.7 Å². The first-order chi connectivity index (χ1) is 9.36. The van der Waals surface area contributed by atoms with E-state index in [1.54, 1.807) is 13.0 Å². The minimum absolute atomic E-state index is 0.0294. The summed E-state index contributed by atoms with van der Waals surface area (Å²) in [5, 5.41) is 13.7. The summed E-state index contributed by atoms with van der Waals surface area (Å²) < 4.78 is 13.9. The number of hydrogen-bond donors (Lipinski definition) is 3. The second-order valence-corrected chi connectivity index (χ2v) is 5.25. The van der Waals surface area contributed by atoms with Crippen molar-refractivity contribution >= 4 is 33.6 Å². The lowest BCUT2D eigenvalue weighted by atomic mass is 9.99. The molecule has 3 N–H and O–H groups in total. The molecule has 20 heavy (non-hydrogen) atoms. The zero-order chi connectivity index (χ0) is 15.3. The minimum Gasteiger partial charge on any atom is -0.480 e. The van der Waals surface area contributed by atoms with Crippen LogP contribution in [0.25, 0.3) is 0 Å². The van der Waals surface area contributed by atoms with Crippen LogP contribution in [0.4, 0.5) is 14.9 Å². The number of urea groups is 1. The molecule has 0 saturated carbocycles. The van der Waals surface area contributed by atoms with Gasteiger partial charge in [-0.1, -0.05) is 26.3 Å². The number of anilines is 1. The van der Waals surface area contributed by atoms with Crippen LogP contribution in [0.1, 0.15) is 20.3 Å². The average Bonchev–Trinajstić information content (AvgIpc) is 2.39. The van der Waals surface area contributed by atoms with E-state index in [9.17, 15) is 14.0 Å². The summed E-state index contributed by atoms with van der Waals surface area (Å²) in [6.45, 7) is 3.55. The second kappa shape index (κ2) is 7.23. The van der Waals surface area contributed by atoms with E-state index in [-0.39, 0.29) is 11.6 Å². The maximum atomic E-state index is 13.5. The molecule has 5 nitrogen and oxygen atoms in total. The quantitative estimate of drug-likeness (QED) is 0.765. The predicted octanol–water partition coefficient (Wildman–Crippen LogP) is 3.21. The molecule has 2 atom stereocenters. The summed E-state index contributed by atoms with van der Waals surface area (Å²) >= 11 is 3.11. The molecular formula is C13H16BrFN2O3. The first-order valence-corrected chi connectivity index (χ1v) is 6.90. The average molecular weight is 347 g/mol. The number of hydrogen-bond acceptors (Lipinski definition) is 2. The number of para-hydroxylation sites is 1. The Balaban J connectivity index is 2.79. The Labute approximate surface area is 124 Å². The molecule has 0 radical (unpaired) electrons. The van der Waals surface area contributed by atoms with E-state index in [0.717, 1.165) is 0 Å². The standard InChI is InChI=1S/C13H16BrFN2O3/c1-3-7(2)10(12(18)19)16-13(20)17-11-8(14)5-4-6-9(11)15/h4-7,10H,3H2,1-2H3,(H,18,19)(H2,16,17,20)/t7?,10-/m0/s1. The highest BCUT2D eigenvalue weighted by Gasteiger charge is 2.25. The summed E-state index contributed by atoms with van der Waals surface area (Å²) in [4.78, 5) is 22.9. The highest BCUT2D eigenvalue weighted by atomic mass is 79.9. The molecule has 0 bridgehead atoms. The van der Waals surface area contributed by atoms with Crippen molar-refractivity contribution in [3.05, 3.63) is 28.5 Å². The van der Waals surface area contributed by atoms with Gasteiger partial charge in [-0.2, -0.15) is 0 Å². The lowest BCUT2D eigenvalue weighted by Crippen LogP contribution is -2.46. The van der Waals surface area contributed by atoms with Gasteiger partial charge in [-0.05, 0) is 34.0 Å². The van der Waals surface area contributed by atoms with Crippen molar-refractivity contribution in [2.45, 2.75) is 26.3 Å². The summed E-state index contributed by atoms with van der Waals surface area (Å²) in [5.41, 5.74) is -0.0294. The number of carbonyl (C=O) groups is 2. The van der Waals surface area contributed by atoms with Gasteiger partial charge in [0.2, 0.25) is 0 Å². The van der Waals surface area contributed by atoms with Gasteiger partial charge < -0.3 is 15.7 Å². The van der Waals surface area contributed by atoms with E-state index in [2.05, 4.69) is 26.6 Å². The Morgan fingerprint density at radius 2 is 2.10 bits per heavy atom. The SMILES string of the molecule is CCC(C)[C@H](NC(=O)Nc1c(F)cccc1Br)C(=O)O. The number of halogens is 2. The molecule has 1 aromatic rings. The smallest absolute Gasteiger partial charge is 0.326 e.